The molecule has 0 aromatic carbocycles. The lowest BCUT2D eigenvalue weighted by Crippen LogP contribution is -2.50. The van der Waals surface area contributed by atoms with Crippen LogP contribution in [0.3, 0.4) is 0 Å². The molecule has 2 amide bonds. The molecule has 1 aromatic rings. The molecule has 0 spiro atoms. The molecule has 0 fully saturated rings. The summed E-state index contributed by atoms with van der Waals surface area (Å²) in [5.74, 6) is 0.528. The first-order valence-corrected chi connectivity index (χ1v) is 6.87. The minimum Gasteiger partial charge on any atom is -0.332 e. The highest BCUT2D eigenvalue weighted by Gasteiger charge is 2.42. The van der Waals surface area contributed by atoms with Crippen LogP contribution in [0, 0.1) is 12.3 Å². The summed E-state index contributed by atoms with van der Waals surface area (Å²) in [5, 5.41) is 4.35. The number of alkyl halides is 3. The van der Waals surface area contributed by atoms with Gasteiger partial charge in [-0.25, -0.2) is 14.8 Å². The van der Waals surface area contributed by atoms with Crippen molar-refractivity contribution < 1.29 is 18.0 Å². The van der Waals surface area contributed by atoms with Gasteiger partial charge >= 0.3 is 12.2 Å². The van der Waals surface area contributed by atoms with Crippen LogP contribution in [0.4, 0.5) is 18.0 Å². The lowest BCUT2D eigenvalue weighted by molar-refractivity contribution is -0.159. The Morgan fingerprint density at radius 3 is 2.45 bits per heavy atom. The first-order valence-electron chi connectivity index (χ1n) is 6.87. The van der Waals surface area contributed by atoms with E-state index in [2.05, 4.69) is 15.3 Å². The second-order valence-electron chi connectivity index (χ2n) is 6.28. The van der Waals surface area contributed by atoms with Crippen LogP contribution in [0.15, 0.2) is 12.3 Å². The fraction of sp³-hybridized carbons (Fsp3) is 0.643. The SMILES string of the molecule is Cc1nccc(CNC(=O)NC(CC(C)(C)C)C(F)(F)F)n1. The zero-order valence-electron chi connectivity index (χ0n) is 13.1. The molecule has 124 valence electrons. The number of aromatic nitrogens is 2. The summed E-state index contributed by atoms with van der Waals surface area (Å²) < 4.78 is 38.9. The van der Waals surface area contributed by atoms with E-state index in [1.54, 1.807) is 33.8 Å². The lowest BCUT2D eigenvalue weighted by Gasteiger charge is -2.28. The van der Waals surface area contributed by atoms with Crippen molar-refractivity contribution in [3.63, 3.8) is 0 Å². The largest absolute Gasteiger partial charge is 0.408 e. The maximum atomic E-state index is 13.0. The van der Waals surface area contributed by atoms with E-state index >= 15 is 0 Å². The molecule has 1 atom stereocenters. The van der Waals surface area contributed by atoms with Gasteiger partial charge < -0.3 is 10.6 Å². The molecule has 0 saturated carbocycles. The predicted octanol–water partition coefficient (Wildman–Crippen LogP) is 2.95. The number of hydrogen-bond donors (Lipinski definition) is 2. The highest BCUT2D eigenvalue weighted by atomic mass is 19.4. The van der Waals surface area contributed by atoms with Crippen molar-refractivity contribution in [1.82, 2.24) is 20.6 Å². The first-order chi connectivity index (χ1) is 9.97. The standard InChI is InChI=1S/C14H21F3N4O/c1-9-18-6-5-10(20-9)8-19-12(22)21-11(14(15,16)17)7-13(2,3)4/h5-6,11H,7-8H2,1-4H3,(H2,19,21,22). The van der Waals surface area contributed by atoms with Gasteiger partial charge in [0.2, 0.25) is 0 Å². The third kappa shape index (κ3) is 6.73. The first kappa shape index (κ1) is 18.2. The third-order valence-corrected chi connectivity index (χ3v) is 2.78. The van der Waals surface area contributed by atoms with Gasteiger partial charge in [-0.3, -0.25) is 0 Å². The third-order valence-electron chi connectivity index (χ3n) is 2.78. The average molecular weight is 318 g/mol. The van der Waals surface area contributed by atoms with Crippen molar-refractivity contribution in [2.75, 3.05) is 0 Å². The monoisotopic (exact) mass is 318 g/mol. The van der Waals surface area contributed by atoms with E-state index in [1.807, 2.05) is 5.32 Å². The van der Waals surface area contributed by atoms with Crippen LogP contribution in [-0.2, 0) is 6.54 Å². The Labute approximate surface area is 127 Å². The van der Waals surface area contributed by atoms with Gasteiger partial charge in [0.15, 0.2) is 0 Å². The molecule has 1 rings (SSSR count). The van der Waals surface area contributed by atoms with Crippen molar-refractivity contribution >= 4 is 6.03 Å². The zero-order chi connectivity index (χ0) is 17.0. The van der Waals surface area contributed by atoms with Crippen LogP contribution in [-0.4, -0.2) is 28.2 Å². The van der Waals surface area contributed by atoms with Gasteiger partial charge in [0, 0.05) is 6.20 Å². The Morgan fingerprint density at radius 1 is 1.32 bits per heavy atom. The molecule has 0 radical (unpaired) electrons. The summed E-state index contributed by atoms with van der Waals surface area (Å²) >= 11 is 0. The normalized spacial score (nSPS) is 13.6. The lowest BCUT2D eigenvalue weighted by atomic mass is 9.88. The number of halogens is 3. The maximum Gasteiger partial charge on any atom is 0.408 e. The molecule has 22 heavy (non-hydrogen) atoms. The molecule has 1 heterocycles. The van der Waals surface area contributed by atoms with Crippen LogP contribution in [0.5, 0.6) is 0 Å². The van der Waals surface area contributed by atoms with Gasteiger partial charge in [-0.15, -0.1) is 0 Å². The highest BCUT2D eigenvalue weighted by Crippen LogP contribution is 2.30. The summed E-state index contributed by atoms with van der Waals surface area (Å²) in [5.41, 5.74) is -0.0286. The predicted molar refractivity (Wildman–Crippen MR) is 76.1 cm³/mol. The van der Waals surface area contributed by atoms with Crippen LogP contribution < -0.4 is 10.6 Å². The van der Waals surface area contributed by atoms with Crippen LogP contribution in [0.1, 0.15) is 38.7 Å². The van der Waals surface area contributed by atoms with Crippen molar-refractivity contribution in [2.45, 2.75) is 52.9 Å². The van der Waals surface area contributed by atoms with Crippen molar-refractivity contribution in [3.8, 4) is 0 Å². The summed E-state index contributed by atoms with van der Waals surface area (Å²) in [6, 6.07) is -1.17. The van der Waals surface area contributed by atoms with Gasteiger partial charge in [0.05, 0.1) is 12.2 Å². The minimum atomic E-state index is -4.49. The fourth-order valence-corrected chi connectivity index (χ4v) is 1.84. The second kappa shape index (κ2) is 6.93. The number of amides is 2. The molecule has 5 nitrogen and oxygen atoms in total. The molecule has 2 N–H and O–H groups in total. The number of nitrogens with one attached hydrogen (secondary N) is 2. The van der Waals surface area contributed by atoms with E-state index in [-0.39, 0.29) is 13.0 Å². The topological polar surface area (TPSA) is 66.9 Å². The van der Waals surface area contributed by atoms with Crippen molar-refractivity contribution in [2.24, 2.45) is 5.41 Å². The Morgan fingerprint density at radius 2 is 1.95 bits per heavy atom. The second-order valence-corrected chi connectivity index (χ2v) is 6.28. The van der Waals surface area contributed by atoms with E-state index in [1.165, 1.54) is 6.20 Å². The Hall–Kier alpha value is -1.86. The molecular formula is C14H21F3N4O. The number of aryl methyl sites for hydroxylation is 1. The minimum absolute atomic E-state index is 0.0370. The Bertz CT molecular complexity index is 512. The Balaban J connectivity index is 2.60. The van der Waals surface area contributed by atoms with Gasteiger partial charge in [-0.2, -0.15) is 13.2 Å². The molecule has 8 heteroatoms. The van der Waals surface area contributed by atoms with Crippen LogP contribution in [0.2, 0.25) is 0 Å². The smallest absolute Gasteiger partial charge is 0.332 e. The average Bonchev–Trinajstić information content (AvgIpc) is 2.33. The van der Waals surface area contributed by atoms with E-state index < -0.39 is 23.7 Å². The van der Waals surface area contributed by atoms with Crippen molar-refractivity contribution in [3.05, 3.63) is 23.8 Å². The Kier molecular flexibility index (Phi) is 5.73. The van der Waals surface area contributed by atoms with Gasteiger partial charge in [-0.05, 0) is 24.8 Å². The van der Waals surface area contributed by atoms with E-state index in [4.69, 9.17) is 0 Å². The number of nitrogens with zero attached hydrogens (tertiary/aromatic N) is 2. The zero-order valence-corrected chi connectivity index (χ0v) is 13.1. The van der Waals surface area contributed by atoms with Gasteiger partial charge in [-0.1, -0.05) is 20.8 Å². The summed E-state index contributed by atoms with van der Waals surface area (Å²) in [7, 11) is 0. The molecule has 0 bridgehead atoms. The number of urea groups is 1. The summed E-state index contributed by atoms with van der Waals surface area (Å²) in [6.45, 7) is 6.79. The van der Waals surface area contributed by atoms with Gasteiger partial charge in [0.1, 0.15) is 11.9 Å². The van der Waals surface area contributed by atoms with E-state index in [9.17, 15) is 18.0 Å². The molecule has 0 aliphatic carbocycles. The van der Waals surface area contributed by atoms with Crippen molar-refractivity contribution in [1.29, 1.82) is 0 Å². The quantitative estimate of drug-likeness (QED) is 0.897. The molecular weight excluding hydrogens is 297 g/mol. The van der Waals surface area contributed by atoms with E-state index in [0.29, 0.717) is 11.5 Å². The molecule has 1 aromatic heterocycles. The number of carbonyl (C=O) groups is 1. The van der Waals surface area contributed by atoms with E-state index in [0.717, 1.165) is 0 Å². The maximum absolute atomic E-state index is 13.0. The molecule has 1 unspecified atom stereocenters. The summed E-state index contributed by atoms with van der Waals surface area (Å²) in [6.07, 6.45) is -3.16. The molecule has 0 aliphatic rings. The number of carbonyl (C=O) groups excluding carboxylic acids is 1. The molecule has 0 saturated heterocycles. The number of rotatable bonds is 4. The number of hydrogen-bond acceptors (Lipinski definition) is 3. The van der Waals surface area contributed by atoms with Crippen LogP contribution >= 0.6 is 0 Å². The fourth-order valence-electron chi connectivity index (χ4n) is 1.84. The van der Waals surface area contributed by atoms with Gasteiger partial charge in [0.25, 0.3) is 0 Å². The highest BCUT2D eigenvalue weighted by molar-refractivity contribution is 5.74. The van der Waals surface area contributed by atoms with Crippen LogP contribution in [0.25, 0.3) is 0 Å². The summed E-state index contributed by atoms with van der Waals surface area (Å²) in [4.78, 5) is 19.6. The molecule has 0 aliphatic heterocycles.